The average Bonchev–Trinajstić information content (AvgIpc) is 2.71. The van der Waals surface area contributed by atoms with Crippen molar-refractivity contribution in [2.75, 3.05) is 42.9 Å². The van der Waals surface area contributed by atoms with E-state index in [1.54, 1.807) is 25.0 Å². The number of anilines is 2. The zero-order valence-corrected chi connectivity index (χ0v) is 19.4. The summed E-state index contributed by atoms with van der Waals surface area (Å²) in [5.41, 5.74) is 3.34. The number of amides is 1. The molecular weight excluding hydrogens is 445 g/mol. The largest absolute Gasteiger partial charge is 0.495 e. The fraction of sp³-hybridized carbons (Fsp3) is 0.381. The molecule has 9 heteroatoms. The molecule has 1 fully saturated rings. The minimum Gasteiger partial charge on any atom is -0.495 e. The van der Waals surface area contributed by atoms with Crippen LogP contribution in [0.1, 0.15) is 24.2 Å². The maximum Gasteiger partial charge on any atom is 0.302 e. The van der Waals surface area contributed by atoms with E-state index < -0.39 is 6.10 Å². The van der Waals surface area contributed by atoms with Crippen LogP contribution < -0.4 is 14.4 Å². The first-order valence-electron chi connectivity index (χ1n) is 9.58. The van der Waals surface area contributed by atoms with Crippen molar-refractivity contribution in [3.8, 4) is 5.75 Å². The molecule has 6 nitrogen and oxygen atoms in total. The van der Waals surface area contributed by atoms with Crippen molar-refractivity contribution in [3.63, 3.8) is 0 Å². The van der Waals surface area contributed by atoms with Crippen molar-refractivity contribution in [2.24, 2.45) is 0 Å². The molecule has 162 valence electrons. The lowest BCUT2D eigenvalue weighted by molar-refractivity contribution is 0.198. The van der Waals surface area contributed by atoms with Crippen molar-refractivity contribution in [3.05, 3.63) is 51.5 Å². The molecule has 0 aromatic heterocycles. The summed E-state index contributed by atoms with van der Waals surface area (Å²) in [7, 11) is 1.58. The highest BCUT2D eigenvalue weighted by molar-refractivity contribution is 8.14. The highest BCUT2D eigenvalue weighted by Gasteiger charge is 2.23. The smallest absolute Gasteiger partial charge is 0.302 e. The number of nitrogens with zero attached hydrogens (tertiary/aromatic N) is 2. The van der Waals surface area contributed by atoms with E-state index in [0.717, 1.165) is 28.8 Å². The van der Waals surface area contributed by atoms with Gasteiger partial charge < -0.3 is 24.4 Å². The molecule has 1 unspecified atom stereocenters. The third-order valence-corrected chi connectivity index (χ3v) is 6.23. The number of carbonyl (C=O) groups excluding carboxylic acids is 1. The highest BCUT2D eigenvalue weighted by Crippen LogP contribution is 2.33. The Hall–Kier alpha value is -1.80. The molecule has 2 N–H and O–H groups in total. The van der Waals surface area contributed by atoms with Crippen LogP contribution in [0.25, 0.3) is 0 Å². The Bertz CT molecular complexity index is 898. The monoisotopic (exact) mass is 469 g/mol. The van der Waals surface area contributed by atoms with Crippen molar-refractivity contribution in [1.82, 2.24) is 4.90 Å². The van der Waals surface area contributed by atoms with Crippen LogP contribution in [0.15, 0.2) is 30.3 Å². The van der Waals surface area contributed by atoms with E-state index in [1.165, 1.54) is 0 Å². The number of nitrogens with one attached hydrogen (secondary N) is 1. The number of halogens is 2. The second-order valence-electron chi connectivity index (χ2n) is 7.16. The molecule has 1 heterocycles. The lowest BCUT2D eigenvalue weighted by atomic mass is 10.0. The van der Waals surface area contributed by atoms with E-state index in [0.29, 0.717) is 47.7 Å². The first-order chi connectivity index (χ1) is 14.3. The van der Waals surface area contributed by atoms with Gasteiger partial charge in [0.15, 0.2) is 0 Å². The standard InChI is InChI=1S/C21H25Cl2N3O3S/c1-13-8-20(29-3)19(12-18(13)14(2)27)24-30-21(28)26-6-4-25(5-7-26)17-10-15(22)9-16(23)11-17/h8-12,14,24,27H,4-7H2,1-3H3. The quantitative estimate of drug-likeness (QED) is 0.574. The van der Waals surface area contributed by atoms with Gasteiger partial charge in [0.25, 0.3) is 0 Å². The van der Waals surface area contributed by atoms with Gasteiger partial charge in [-0.3, -0.25) is 4.79 Å². The zero-order valence-electron chi connectivity index (χ0n) is 17.1. The summed E-state index contributed by atoms with van der Waals surface area (Å²) in [6.07, 6.45) is -0.606. The van der Waals surface area contributed by atoms with Gasteiger partial charge in [-0.25, -0.2) is 0 Å². The maximum absolute atomic E-state index is 12.7. The summed E-state index contributed by atoms with van der Waals surface area (Å²) in [6, 6.07) is 9.14. The fourth-order valence-electron chi connectivity index (χ4n) is 3.43. The first-order valence-corrected chi connectivity index (χ1v) is 11.1. The van der Waals surface area contributed by atoms with Gasteiger partial charge in [-0.2, -0.15) is 0 Å². The predicted octanol–water partition coefficient (Wildman–Crippen LogP) is 5.37. The van der Waals surface area contributed by atoms with Gasteiger partial charge in [0.1, 0.15) is 5.75 Å². The molecule has 0 saturated carbocycles. The van der Waals surface area contributed by atoms with Gasteiger partial charge in [-0.05, 0) is 55.3 Å². The Labute approximate surface area is 191 Å². The van der Waals surface area contributed by atoms with Crippen molar-refractivity contribution < 1.29 is 14.6 Å². The van der Waals surface area contributed by atoms with E-state index in [-0.39, 0.29) is 5.24 Å². The molecular formula is C21H25Cl2N3O3S. The van der Waals surface area contributed by atoms with E-state index in [1.807, 2.05) is 31.2 Å². The molecule has 0 spiro atoms. The number of carbonyl (C=O) groups is 1. The van der Waals surface area contributed by atoms with E-state index in [9.17, 15) is 9.90 Å². The Morgan fingerprint density at radius 2 is 1.77 bits per heavy atom. The molecule has 1 amide bonds. The normalized spacial score (nSPS) is 15.1. The van der Waals surface area contributed by atoms with Crippen molar-refractivity contribution in [2.45, 2.75) is 20.0 Å². The number of piperazine rings is 1. The zero-order chi connectivity index (χ0) is 21.8. The maximum atomic E-state index is 12.7. The van der Waals surface area contributed by atoms with E-state index in [2.05, 4.69) is 9.62 Å². The molecule has 1 aliphatic heterocycles. The Kier molecular flexibility index (Phi) is 7.63. The fourth-order valence-corrected chi connectivity index (χ4v) is 4.61. The number of aryl methyl sites for hydroxylation is 1. The minimum absolute atomic E-state index is 0.0694. The molecule has 2 aromatic carbocycles. The van der Waals surface area contributed by atoms with Crippen LogP contribution in [-0.4, -0.2) is 48.5 Å². The van der Waals surface area contributed by atoms with Crippen LogP contribution in [0.5, 0.6) is 5.75 Å². The van der Waals surface area contributed by atoms with Gasteiger partial charge in [-0.1, -0.05) is 23.2 Å². The summed E-state index contributed by atoms with van der Waals surface area (Å²) in [4.78, 5) is 16.7. The lowest BCUT2D eigenvalue weighted by Crippen LogP contribution is -2.47. The number of rotatable bonds is 5. The summed E-state index contributed by atoms with van der Waals surface area (Å²) in [5.74, 6) is 0.625. The highest BCUT2D eigenvalue weighted by atomic mass is 35.5. The van der Waals surface area contributed by atoms with E-state index in [4.69, 9.17) is 27.9 Å². The van der Waals surface area contributed by atoms with Crippen LogP contribution in [0, 0.1) is 6.92 Å². The summed E-state index contributed by atoms with van der Waals surface area (Å²) in [6.45, 7) is 6.22. The van der Waals surface area contributed by atoms with Crippen molar-refractivity contribution >= 4 is 51.8 Å². The first kappa shape index (κ1) is 22.9. The van der Waals surface area contributed by atoms with E-state index >= 15 is 0 Å². The van der Waals surface area contributed by atoms with Gasteiger partial charge >= 0.3 is 5.24 Å². The van der Waals surface area contributed by atoms with Crippen LogP contribution in [-0.2, 0) is 0 Å². The van der Waals surface area contributed by atoms with Gasteiger partial charge in [0.05, 0.1) is 18.9 Å². The minimum atomic E-state index is -0.606. The molecule has 1 aliphatic rings. The van der Waals surface area contributed by atoms with Gasteiger partial charge in [-0.15, -0.1) is 0 Å². The molecule has 1 saturated heterocycles. The lowest BCUT2D eigenvalue weighted by Gasteiger charge is -2.36. The van der Waals surface area contributed by atoms with Crippen LogP contribution in [0.3, 0.4) is 0 Å². The molecule has 0 radical (unpaired) electrons. The molecule has 30 heavy (non-hydrogen) atoms. The number of hydrogen-bond acceptors (Lipinski definition) is 6. The topological polar surface area (TPSA) is 65.0 Å². The number of benzene rings is 2. The Morgan fingerprint density at radius 3 is 2.33 bits per heavy atom. The Morgan fingerprint density at radius 1 is 1.13 bits per heavy atom. The molecule has 3 rings (SSSR count). The number of hydrogen-bond donors (Lipinski definition) is 2. The summed E-state index contributed by atoms with van der Waals surface area (Å²) >= 11 is 13.2. The van der Waals surface area contributed by atoms with Crippen LogP contribution >= 0.6 is 35.1 Å². The molecule has 2 aromatic rings. The predicted molar refractivity (Wildman–Crippen MR) is 125 cm³/mol. The SMILES string of the molecule is COc1cc(C)c(C(C)O)cc1NSC(=O)N1CCN(c2cc(Cl)cc(Cl)c2)CC1. The molecule has 0 aliphatic carbocycles. The summed E-state index contributed by atoms with van der Waals surface area (Å²) in [5, 5.41) is 11.1. The third kappa shape index (κ3) is 5.46. The average molecular weight is 470 g/mol. The second-order valence-corrected chi connectivity index (χ2v) is 8.79. The third-order valence-electron chi connectivity index (χ3n) is 5.04. The number of aliphatic hydroxyl groups excluding tert-OH is 1. The Balaban J connectivity index is 1.59. The van der Waals surface area contributed by atoms with Gasteiger partial charge in [0, 0.05) is 53.9 Å². The van der Waals surface area contributed by atoms with Gasteiger partial charge in [0.2, 0.25) is 0 Å². The molecule has 0 bridgehead atoms. The summed E-state index contributed by atoms with van der Waals surface area (Å²) < 4.78 is 8.49. The molecule has 1 atom stereocenters. The van der Waals surface area contributed by atoms with Crippen molar-refractivity contribution in [1.29, 1.82) is 0 Å². The van der Waals surface area contributed by atoms with Crippen LogP contribution in [0.2, 0.25) is 10.0 Å². The second kappa shape index (κ2) is 10.0. The number of aliphatic hydroxyl groups is 1. The number of ether oxygens (including phenoxy) is 1. The van der Waals surface area contributed by atoms with Crippen LogP contribution in [0.4, 0.5) is 16.2 Å². The number of methoxy groups -OCH3 is 1.